The second kappa shape index (κ2) is 3.88. The molecule has 0 aliphatic heterocycles. The maximum absolute atomic E-state index is 12.9. The summed E-state index contributed by atoms with van der Waals surface area (Å²) in [6.45, 7) is 0. The molecule has 1 aromatic carbocycles. The third kappa shape index (κ3) is 1.99. The molecule has 0 aliphatic carbocycles. The second-order valence-electron chi connectivity index (χ2n) is 2.78. The molecule has 1 radical (unpaired) electrons. The van der Waals surface area contributed by atoms with Gasteiger partial charge in [0.2, 0.25) is 0 Å². The highest BCUT2D eigenvalue weighted by Gasteiger charge is 2.00. The predicted octanol–water partition coefficient (Wildman–Crippen LogP) is 3.45. The van der Waals surface area contributed by atoms with E-state index in [9.17, 15) is 4.39 Å². The van der Waals surface area contributed by atoms with Crippen molar-refractivity contribution in [2.24, 2.45) is 0 Å². The number of rotatable bonds is 1. The van der Waals surface area contributed by atoms with Gasteiger partial charge in [-0.25, -0.2) is 4.39 Å². The first-order valence-electron chi connectivity index (χ1n) is 4.05. The predicted molar refractivity (Wildman–Crippen MR) is 56.2 cm³/mol. The standard InChI is InChI=1S/C11H6BrFN/c12-9-4-5-11(14-7-9)8-2-1-3-10(13)6-8/h1,3-7H. The molecule has 0 bridgehead atoms. The number of benzene rings is 1. The summed E-state index contributed by atoms with van der Waals surface area (Å²) in [5, 5.41) is 0. The van der Waals surface area contributed by atoms with Crippen molar-refractivity contribution in [3.63, 3.8) is 0 Å². The molecule has 0 aliphatic rings. The van der Waals surface area contributed by atoms with Crippen LogP contribution in [0.25, 0.3) is 11.3 Å². The zero-order chi connectivity index (χ0) is 9.97. The molecule has 2 aromatic rings. The van der Waals surface area contributed by atoms with E-state index in [1.54, 1.807) is 12.3 Å². The van der Waals surface area contributed by atoms with Gasteiger partial charge in [-0.2, -0.15) is 0 Å². The van der Waals surface area contributed by atoms with E-state index in [2.05, 4.69) is 27.0 Å². The molecule has 0 N–H and O–H groups in total. The first kappa shape index (κ1) is 9.34. The van der Waals surface area contributed by atoms with E-state index < -0.39 is 0 Å². The van der Waals surface area contributed by atoms with E-state index in [0.717, 1.165) is 4.47 Å². The Morgan fingerprint density at radius 1 is 1.29 bits per heavy atom. The highest BCUT2D eigenvalue weighted by atomic mass is 79.9. The molecular weight excluding hydrogens is 245 g/mol. The maximum Gasteiger partial charge on any atom is 0.123 e. The van der Waals surface area contributed by atoms with Crippen LogP contribution < -0.4 is 0 Å². The first-order chi connectivity index (χ1) is 6.75. The molecular formula is C11H6BrFN. The summed E-state index contributed by atoms with van der Waals surface area (Å²) < 4.78 is 13.8. The molecule has 2 rings (SSSR count). The van der Waals surface area contributed by atoms with E-state index >= 15 is 0 Å². The smallest absolute Gasteiger partial charge is 0.123 e. The van der Waals surface area contributed by atoms with E-state index in [4.69, 9.17) is 0 Å². The van der Waals surface area contributed by atoms with Crippen LogP contribution in [0.4, 0.5) is 4.39 Å². The second-order valence-corrected chi connectivity index (χ2v) is 3.70. The Kier molecular flexibility index (Phi) is 2.59. The molecule has 0 unspecified atom stereocenters. The Balaban J connectivity index is 2.44. The van der Waals surface area contributed by atoms with Gasteiger partial charge in [0.1, 0.15) is 5.82 Å². The van der Waals surface area contributed by atoms with Crippen LogP contribution in [-0.4, -0.2) is 4.98 Å². The Morgan fingerprint density at radius 2 is 2.14 bits per heavy atom. The lowest BCUT2D eigenvalue weighted by Gasteiger charge is -1.99. The van der Waals surface area contributed by atoms with Gasteiger partial charge in [-0.05, 0) is 46.3 Å². The van der Waals surface area contributed by atoms with Crippen LogP contribution in [-0.2, 0) is 0 Å². The van der Waals surface area contributed by atoms with Gasteiger partial charge in [0.15, 0.2) is 0 Å². The van der Waals surface area contributed by atoms with Gasteiger partial charge in [-0.15, -0.1) is 0 Å². The number of nitrogens with zero attached hydrogens (tertiary/aromatic N) is 1. The lowest BCUT2D eigenvalue weighted by atomic mass is 10.1. The Morgan fingerprint density at radius 3 is 2.79 bits per heavy atom. The molecule has 0 atom stereocenters. The van der Waals surface area contributed by atoms with Crippen molar-refractivity contribution >= 4 is 15.9 Å². The third-order valence-corrected chi connectivity index (χ3v) is 2.24. The minimum atomic E-state index is -0.275. The molecule has 1 nitrogen and oxygen atoms in total. The van der Waals surface area contributed by atoms with Gasteiger partial charge < -0.3 is 0 Å². The highest BCUT2D eigenvalue weighted by molar-refractivity contribution is 9.10. The van der Waals surface area contributed by atoms with Crippen LogP contribution in [0.3, 0.4) is 0 Å². The lowest BCUT2D eigenvalue weighted by molar-refractivity contribution is 0.628. The van der Waals surface area contributed by atoms with Crippen LogP contribution in [0.1, 0.15) is 0 Å². The van der Waals surface area contributed by atoms with Gasteiger partial charge in [0.25, 0.3) is 0 Å². The Bertz CT molecular complexity index is 439. The first-order valence-corrected chi connectivity index (χ1v) is 4.84. The molecule has 1 aromatic heterocycles. The lowest BCUT2D eigenvalue weighted by Crippen LogP contribution is -1.83. The fourth-order valence-corrected chi connectivity index (χ4v) is 1.36. The Hall–Kier alpha value is -1.22. The summed E-state index contributed by atoms with van der Waals surface area (Å²) in [7, 11) is 0. The molecule has 69 valence electrons. The van der Waals surface area contributed by atoms with Crippen LogP contribution >= 0.6 is 15.9 Å². The number of aromatic nitrogens is 1. The van der Waals surface area contributed by atoms with E-state index in [1.165, 1.54) is 12.1 Å². The molecule has 0 saturated carbocycles. The molecule has 1 heterocycles. The zero-order valence-corrected chi connectivity index (χ0v) is 8.75. The normalized spacial score (nSPS) is 10.1. The SMILES string of the molecule is Fc1cc[c]c(-c2ccc(Br)cn2)c1. The molecule has 14 heavy (non-hydrogen) atoms. The summed E-state index contributed by atoms with van der Waals surface area (Å²) in [5.41, 5.74) is 1.38. The summed E-state index contributed by atoms with van der Waals surface area (Å²) in [5.74, 6) is -0.275. The van der Waals surface area contributed by atoms with Gasteiger partial charge in [0.05, 0.1) is 5.69 Å². The van der Waals surface area contributed by atoms with Crippen molar-refractivity contribution in [2.75, 3.05) is 0 Å². The molecule has 0 spiro atoms. The minimum Gasteiger partial charge on any atom is -0.255 e. The topological polar surface area (TPSA) is 12.9 Å². The number of hydrogen-bond donors (Lipinski definition) is 0. The van der Waals surface area contributed by atoms with Gasteiger partial charge >= 0.3 is 0 Å². The molecule has 0 saturated heterocycles. The fourth-order valence-electron chi connectivity index (χ4n) is 1.12. The van der Waals surface area contributed by atoms with Crippen LogP contribution in [0.15, 0.2) is 41.0 Å². The molecule has 0 fully saturated rings. The largest absolute Gasteiger partial charge is 0.255 e. The minimum absolute atomic E-state index is 0.275. The number of hydrogen-bond acceptors (Lipinski definition) is 1. The van der Waals surface area contributed by atoms with Crippen LogP contribution in [0, 0.1) is 11.9 Å². The van der Waals surface area contributed by atoms with Gasteiger partial charge in [-0.1, -0.05) is 6.07 Å². The van der Waals surface area contributed by atoms with Crippen LogP contribution in [0.5, 0.6) is 0 Å². The summed E-state index contributed by atoms with van der Waals surface area (Å²) in [6, 6.07) is 10.9. The van der Waals surface area contributed by atoms with Crippen LogP contribution in [0.2, 0.25) is 0 Å². The molecule has 3 heteroatoms. The summed E-state index contributed by atoms with van der Waals surface area (Å²) in [4.78, 5) is 4.14. The van der Waals surface area contributed by atoms with E-state index in [0.29, 0.717) is 11.3 Å². The van der Waals surface area contributed by atoms with E-state index in [-0.39, 0.29) is 5.82 Å². The average molecular weight is 251 g/mol. The number of halogens is 2. The third-order valence-electron chi connectivity index (χ3n) is 1.77. The van der Waals surface area contributed by atoms with Crippen molar-refractivity contribution in [3.05, 3.63) is 52.9 Å². The quantitative estimate of drug-likeness (QED) is 0.756. The summed E-state index contributed by atoms with van der Waals surface area (Å²) in [6.07, 6.45) is 1.67. The Labute approximate surface area is 89.7 Å². The zero-order valence-electron chi connectivity index (χ0n) is 7.17. The van der Waals surface area contributed by atoms with Crippen molar-refractivity contribution in [3.8, 4) is 11.3 Å². The van der Waals surface area contributed by atoms with Crippen molar-refractivity contribution in [1.82, 2.24) is 4.98 Å². The summed E-state index contributed by atoms with van der Waals surface area (Å²) >= 11 is 3.29. The fraction of sp³-hybridized carbons (Fsp3) is 0. The van der Waals surface area contributed by atoms with E-state index in [1.807, 2.05) is 12.1 Å². The molecule has 0 amide bonds. The number of pyridine rings is 1. The van der Waals surface area contributed by atoms with Crippen molar-refractivity contribution in [1.29, 1.82) is 0 Å². The monoisotopic (exact) mass is 250 g/mol. The van der Waals surface area contributed by atoms with Crippen molar-refractivity contribution in [2.45, 2.75) is 0 Å². The highest BCUT2D eigenvalue weighted by Crippen LogP contribution is 2.18. The van der Waals surface area contributed by atoms with Gasteiger partial charge in [-0.3, -0.25) is 4.98 Å². The van der Waals surface area contributed by atoms with Gasteiger partial charge in [0, 0.05) is 16.2 Å². The van der Waals surface area contributed by atoms with Crippen molar-refractivity contribution < 1.29 is 4.39 Å². The maximum atomic E-state index is 12.9. The average Bonchev–Trinajstić information content (AvgIpc) is 2.19.